The molecule has 3 aromatic rings. The highest BCUT2D eigenvalue weighted by Gasteiger charge is 2.19. The molecule has 7 nitrogen and oxygen atoms in total. The van der Waals surface area contributed by atoms with E-state index in [4.69, 9.17) is 19.6 Å². The summed E-state index contributed by atoms with van der Waals surface area (Å²) in [6.07, 6.45) is 8.45. The first-order valence-corrected chi connectivity index (χ1v) is 10.1. The number of aromatic nitrogens is 2. The number of ketones is 1. The normalized spacial score (nSPS) is 12.2. The summed E-state index contributed by atoms with van der Waals surface area (Å²) in [6, 6.07) is 13.2. The second-order valence-corrected chi connectivity index (χ2v) is 7.21. The van der Waals surface area contributed by atoms with Gasteiger partial charge >= 0.3 is 5.97 Å². The van der Waals surface area contributed by atoms with Crippen LogP contribution < -0.4 is 9.47 Å². The van der Waals surface area contributed by atoms with E-state index in [0.29, 0.717) is 29.3 Å². The van der Waals surface area contributed by atoms with Gasteiger partial charge in [0.15, 0.2) is 5.78 Å². The average molecular weight is 430 g/mol. The number of hydrogen-bond acceptors (Lipinski definition) is 5. The Hall–Kier alpha value is -4.13. The van der Waals surface area contributed by atoms with Crippen molar-refractivity contribution in [2.75, 3.05) is 7.11 Å². The van der Waals surface area contributed by atoms with Crippen molar-refractivity contribution >= 4 is 17.8 Å². The lowest BCUT2D eigenvalue weighted by Crippen LogP contribution is -2.17. The Labute approximate surface area is 185 Å². The zero-order valence-corrected chi connectivity index (χ0v) is 17.5. The van der Waals surface area contributed by atoms with Gasteiger partial charge in [0, 0.05) is 17.7 Å². The number of rotatable bonds is 8. The highest BCUT2D eigenvalue weighted by atomic mass is 16.5. The number of carbonyl (C=O) groups excluding carboxylic acids is 1. The molecule has 2 aromatic carbocycles. The summed E-state index contributed by atoms with van der Waals surface area (Å²) in [5.74, 6) is 0.711. The Morgan fingerprint density at radius 3 is 2.62 bits per heavy atom. The number of benzene rings is 2. The van der Waals surface area contributed by atoms with E-state index in [1.165, 1.54) is 12.1 Å². The minimum Gasteiger partial charge on any atom is -0.497 e. The van der Waals surface area contributed by atoms with Gasteiger partial charge in [0.1, 0.15) is 23.9 Å². The van der Waals surface area contributed by atoms with E-state index in [1.54, 1.807) is 43.5 Å². The highest BCUT2D eigenvalue weighted by molar-refractivity contribution is 5.96. The maximum Gasteiger partial charge on any atom is 0.335 e. The average Bonchev–Trinajstić information content (AvgIpc) is 2.97. The van der Waals surface area contributed by atoms with Crippen LogP contribution in [0, 0.1) is 0 Å². The summed E-state index contributed by atoms with van der Waals surface area (Å²) in [5, 5.41) is 9.04. The lowest BCUT2D eigenvalue weighted by molar-refractivity contribution is 0.0696. The summed E-state index contributed by atoms with van der Waals surface area (Å²) in [5.41, 5.74) is 2.48. The third-order valence-corrected chi connectivity index (χ3v) is 5.16. The second kappa shape index (κ2) is 9.34. The van der Waals surface area contributed by atoms with Crippen LogP contribution in [0.4, 0.5) is 0 Å². The molecule has 0 bridgehead atoms. The van der Waals surface area contributed by atoms with Gasteiger partial charge < -0.3 is 19.1 Å². The monoisotopic (exact) mass is 430 g/mol. The van der Waals surface area contributed by atoms with Gasteiger partial charge in [-0.25, -0.2) is 9.78 Å². The summed E-state index contributed by atoms with van der Waals surface area (Å²) >= 11 is 0. The van der Waals surface area contributed by atoms with E-state index in [-0.39, 0.29) is 24.5 Å². The Kier molecular flexibility index (Phi) is 6.17. The minimum absolute atomic E-state index is 0.0617. The molecular weight excluding hydrogens is 408 g/mol. The van der Waals surface area contributed by atoms with E-state index >= 15 is 0 Å². The number of nitrogens with zero attached hydrogens (tertiary/aromatic N) is 2. The maximum absolute atomic E-state index is 13.0. The van der Waals surface area contributed by atoms with Crippen LogP contribution in [-0.2, 0) is 19.6 Å². The maximum atomic E-state index is 13.0. The Balaban J connectivity index is 1.59. The third kappa shape index (κ3) is 4.62. The number of imidazole rings is 1. The van der Waals surface area contributed by atoms with Gasteiger partial charge in [-0.2, -0.15) is 0 Å². The summed E-state index contributed by atoms with van der Waals surface area (Å²) in [4.78, 5) is 28.8. The van der Waals surface area contributed by atoms with E-state index in [9.17, 15) is 9.59 Å². The number of aromatic carboxylic acids is 1. The molecular formula is C25H22N2O5. The first-order valence-electron chi connectivity index (χ1n) is 10.1. The standard InChI is InChI=1S/C25H22N2O5/c1-31-20-7-5-6-18(14-20)23(28)15-27-22-9-4-2-3-8-21(22)26-24(27)16-32-19-12-10-17(11-13-19)25(29)30/h2-8,10-14H,9,15-16H2,1H3,(H,29,30). The molecule has 1 N–H and O–H groups in total. The second-order valence-electron chi connectivity index (χ2n) is 7.21. The molecule has 162 valence electrons. The van der Waals surface area contributed by atoms with E-state index in [2.05, 4.69) is 0 Å². The van der Waals surface area contributed by atoms with Crippen molar-refractivity contribution in [3.8, 4) is 11.5 Å². The Morgan fingerprint density at radius 2 is 1.88 bits per heavy atom. The zero-order chi connectivity index (χ0) is 22.5. The van der Waals surface area contributed by atoms with Crippen molar-refractivity contribution in [2.24, 2.45) is 0 Å². The first-order chi connectivity index (χ1) is 15.5. The van der Waals surface area contributed by atoms with E-state index in [0.717, 1.165) is 11.4 Å². The van der Waals surface area contributed by atoms with Crippen molar-refractivity contribution in [1.82, 2.24) is 9.55 Å². The number of allylic oxidation sites excluding steroid dienone is 3. The molecule has 0 aliphatic heterocycles. The van der Waals surface area contributed by atoms with Crippen molar-refractivity contribution in [3.63, 3.8) is 0 Å². The van der Waals surface area contributed by atoms with Gasteiger partial charge in [-0.1, -0.05) is 30.4 Å². The number of ether oxygens (including phenoxy) is 2. The van der Waals surface area contributed by atoms with Gasteiger partial charge in [0.25, 0.3) is 0 Å². The van der Waals surface area contributed by atoms with Crippen LogP contribution in [0.15, 0.2) is 66.8 Å². The van der Waals surface area contributed by atoms with Crippen LogP contribution in [0.2, 0.25) is 0 Å². The number of carboxylic acids is 1. The van der Waals surface area contributed by atoms with Crippen molar-refractivity contribution in [3.05, 3.63) is 95.1 Å². The molecule has 1 aliphatic carbocycles. The quantitative estimate of drug-likeness (QED) is 0.539. The number of carboxylic acid groups (broad SMARTS) is 1. The number of carbonyl (C=O) groups is 2. The fraction of sp³-hybridized carbons (Fsp3) is 0.160. The molecule has 1 heterocycles. The zero-order valence-electron chi connectivity index (χ0n) is 17.5. The Morgan fingerprint density at radius 1 is 1.06 bits per heavy atom. The molecule has 32 heavy (non-hydrogen) atoms. The SMILES string of the molecule is COc1cccc(C(=O)Cn2c(COc3ccc(C(=O)O)cc3)nc3c2CC=CC=C3)c1. The number of fused-ring (bicyclic) bond motifs is 1. The Bertz CT molecular complexity index is 1210. The number of methoxy groups -OCH3 is 1. The summed E-state index contributed by atoms with van der Waals surface area (Å²) in [7, 11) is 1.57. The predicted molar refractivity (Wildman–Crippen MR) is 119 cm³/mol. The lowest BCUT2D eigenvalue weighted by atomic mass is 10.1. The molecule has 0 fully saturated rings. The molecule has 7 heteroatoms. The first kappa shape index (κ1) is 21.1. The third-order valence-electron chi connectivity index (χ3n) is 5.16. The summed E-state index contributed by atoms with van der Waals surface area (Å²) < 4.78 is 13.0. The fourth-order valence-electron chi connectivity index (χ4n) is 3.48. The van der Waals surface area contributed by atoms with Gasteiger partial charge in [0.2, 0.25) is 0 Å². The smallest absolute Gasteiger partial charge is 0.335 e. The number of hydrogen-bond donors (Lipinski definition) is 1. The lowest BCUT2D eigenvalue weighted by Gasteiger charge is -2.12. The molecule has 1 aliphatic rings. The van der Waals surface area contributed by atoms with Crippen LogP contribution in [-0.4, -0.2) is 33.5 Å². The molecule has 0 saturated carbocycles. The van der Waals surface area contributed by atoms with Crippen LogP contribution in [0.3, 0.4) is 0 Å². The molecule has 0 spiro atoms. The van der Waals surface area contributed by atoms with Gasteiger partial charge in [-0.3, -0.25) is 4.79 Å². The van der Waals surface area contributed by atoms with Gasteiger partial charge in [-0.15, -0.1) is 0 Å². The molecule has 0 unspecified atom stereocenters. The molecule has 0 saturated heterocycles. The highest BCUT2D eigenvalue weighted by Crippen LogP contribution is 2.22. The molecule has 0 amide bonds. The molecule has 4 rings (SSSR count). The fourth-order valence-corrected chi connectivity index (χ4v) is 3.48. The van der Waals surface area contributed by atoms with Crippen molar-refractivity contribution in [2.45, 2.75) is 19.6 Å². The minimum atomic E-state index is -0.994. The van der Waals surface area contributed by atoms with Gasteiger partial charge in [0.05, 0.1) is 24.9 Å². The molecule has 0 atom stereocenters. The van der Waals surface area contributed by atoms with Crippen LogP contribution in [0.1, 0.15) is 37.9 Å². The van der Waals surface area contributed by atoms with E-state index < -0.39 is 5.97 Å². The van der Waals surface area contributed by atoms with Crippen LogP contribution in [0.5, 0.6) is 11.5 Å². The number of Topliss-reactive ketones (excluding diaryl/α,β-unsaturated/α-hetero) is 1. The summed E-state index contributed by atoms with van der Waals surface area (Å²) in [6.45, 7) is 0.260. The van der Waals surface area contributed by atoms with E-state index in [1.807, 2.05) is 28.9 Å². The topological polar surface area (TPSA) is 90.7 Å². The van der Waals surface area contributed by atoms with Crippen molar-refractivity contribution < 1.29 is 24.2 Å². The van der Waals surface area contributed by atoms with Crippen molar-refractivity contribution in [1.29, 1.82) is 0 Å². The largest absolute Gasteiger partial charge is 0.497 e. The van der Waals surface area contributed by atoms with Crippen LogP contribution >= 0.6 is 0 Å². The molecule has 0 radical (unpaired) electrons. The van der Waals surface area contributed by atoms with Gasteiger partial charge in [-0.05, 0) is 42.5 Å². The van der Waals surface area contributed by atoms with Crippen LogP contribution in [0.25, 0.3) is 6.08 Å². The predicted octanol–water partition coefficient (Wildman–Crippen LogP) is 4.18. The molecule has 1 aromatic heterocycles.